The fourth-order valence-electron chi connectivity index (χ4n) is 1.59. The molecule has 102 valence electrons. The van der Waals surface area contributed by atoms with Gasteiger partial charge in [0.1, 0.15) is 24.5 Å². The number of rotatable bonds is 5. The Bertz CT molecular complexity index is 392. The summed E-state index contributed by atoms with van der Waals surface area (Å²) in [5, 5.41) is 3.06. The van der Waals surface area contributed by atoms with E-state index in [1.54, 1.807) is 6.92 Å². The largest absolute Gasteiger partial charge is 0.405 e. The van der Waals surface area contributed by atoms with Crippen molar-refractivity contribution in [2.75, 3.05) is 30.4 Å². The van der Waals surface area contributed by atoms with Crippen molar-refractivity contribution in [3.05, 3.63) is 11.9 Å². The zero-order chi connectivity index (χ0) is 13.8. The highest BCUT2D eigenvalue weighted by Crippen LogP contribution is 2.24. The molecule has 0 atom stereocenters. The van der Waals surface area contributed by atoms with Gasteiger partial charge in [0.05, 0.1) is 0 Å². The smallest absolute Gasteiger partial charge is 0.370 e. The quantitative estimate of drug-likeness (QED) is 0.885. The van der Waals surface area contributed by atoms with E-state index >= 15 is 0 Å². The molecule has 1 rings (SSSR count). The topological polar surface area (TPSA) is 41.1 Å². The van der Waals surface area contributed by atoms with Crippen LogP contribution in [0.15, 0.2) is 6.33 Å². The second kappa shape index (κ2) is 5.88. The monoisotopic (exact) mass is 262 g/mol. The molecule has 7 heteroatoms. The third kappa shape index (κ3) is 4.05. The number of nitrogens with zero attached hydrogens (tertiary/aromatic N) is 3. The molecular formula is C11H17F3N4. The lowest BCUT2D eigenvalue weighted by molar-refractivity contribution is -0.119. The molecule has 0 aromatic carbocycles. The van der Waals surface area contributed by atoms with Crippen LogP contribution >= 0.6 is 0 Å². The van der Waals surface area contributed by atoms with Gasteiger partial charge in [0, 0.05) is 19.2 Å². The van der Waals surface area contributed by atoms with Crippen LogP contribution in [-0.4, -0.2) is 36.3 Å². The van der Waals surface area contributed by atoms with Gasteiger partial charge in [0.25, 0.3) is 0 Å². The van der Waals surface area contributed by atoms with Crippen molar-refractivity contribution in [2.45, 2.75) is 26.4 Å². The number of alkyl halides is 3. The van der Waals surface area contributed by atoms with Gasteiger partial charge >= 0.3 is 6.18 Å². The molecule has 1 heterocycles. The van der Waals surface area contributed by atoms with Crippen LogP contribution in [0.1, 0.15) is 18.9 Å². The molecule has 0 bridgehead atoms. The Kier molecular flexibility index (Phi) is 4.75. The molecule has 0 aliphatic carbocycles. The fraction of sp³-hybridized carbons (Fsp3) is 0.636. The summed E-state index contributed by atoms with van der Waals surface area (Å²) in [4.78, 5) is 9.01. The minimum Gasteiger partial charge on any atom is -0.370 e. The summed E-state index contributed by atoms with van der Waals surface area (Å²) in [5.41, 5.74) is 0.623. The molecule has 0 saturated carbocycles. The van der Waals surface area contributed by atoms with Gasteiger partial charge < -0.3 is 10.2 Å². The minimum atomic E-state index is -4.25. The molecule has 1 aromatic rings. The predicted octanol–water partition coefficient (Wildman–Crippen LogP) is 2.61. The van der Waals surface area contributed by atoms with E-state index in [4.69, 9.17) is 0 Å². The number of halogens is 3. The first-order valence-electron chi connectivity index (χ1n) is 5.68. The molecular weight excluding hydrogens is 245 g/mol. The van der Waals surface area contributed by atoms with Gasteiger partial charge in [-0.3, -0.25) is 0 Å². The van der Waals surface area contributed by atoms with Crippen molar-refractivity contribution >= 4 is 11.6 Å². The van der Waals surface area contributed by atoms with Crippen molar-refractivity contribution in [1.29, 1.82) is 0 Å². The first-order valence-corrected chi connectivity index (χ1v) is 5.68. The van der Waals surface area contributed by atoms with E-state index in [1.165, 1.54) is 13.4 Å². The average molecular weight is 262 g/mol. The van der Waals surface area contributed by atoms with Crippen molar-refractivity contribution in [2.24, 2.45) is 0 Å². The number of anilines is 2. The maximum absolute atomic E-state index is 12.3. The highest BCUT2D eigenvalue weighted by atomic mass is 19.4. The van der Waals surface area contributed by atoms with Crippen molar-refractivity contribution < 1.29 is 13.2 Å². The molecule has 0 unspecified atom stereocenters. The van der Waals surface area contributed by atoms with Crippen LogP contribution in [0.5, 0.6) is 0 Å². The molecule has 4 nitrogen and oxygen atoms in total. The Morgan fingerprint density at radius 2 is 2.00 bits per heavy atom. The van der Waals surface area contributed by atoms with Gasteiger partial charge in [-0.1, -0.05) is 6.92 Å². The minimum absolute atomic E-state index is 0.293. The molecule has 0 aliphatic heterocycles. The van der Waals surface area contributed by atoms with Crippen LogP contribution < -0.4 is 10.2 Å². The van der Waals surface area contributed by atoms with Gasteiger partial charge in [0.15, 0.2) is 0 Å². The SMILES string of the molecule is CCCNc1ncnc(N(C)CC(F)(F)F)c1C. The van der Waals surface area contributed by atoms with Crippen molar-refractivity contribution in [3.63, 3.8) is 0 Å². The number of hydrogen-bond donors (Lipinski definition) is 1. The molecule has 1 N–H and O–H groups in total. The van der Waals surface area contributed by atoms with Crippen molar-refractivity contribution in [1.82, 2.24) is 9.97 Å². The molecule has 0 saturated heterocycles. The van der Waals surface area contributed by atoms with Crippen LogP contribution in [0.2, 0.25) is 0 Å². The Balaban J connectivity index is 2.89. The van der Waals surface area contributed by atoms with E-state index in [1.807, 2.05) is 6.92 Å². The highest BCUT2D eigenvalue weighted by molar-refractivity contribution is 5.57. The number of nitrogens with one attached hydrogen (secondary N) is 1. The molecule has 18 heavy (non-hydrogen) atoms. The van der Waals surface area contributed by atoms with Gasteiger partial charge in [-0.25, -0.2) is 9.97 Å². The Hall–Kier alpha value is -1.53. The van der Waals surface area contributed by atoms with E-state index in [9.17, 15) is 13.2 Å². The zero-order valence-electron chi connectivity index (χ0n) is 10.7. The summed E-state index contributed by atoms with van der Waals surface area (Å²) in [7, 11) is 1.37. The van der Waals surface area contributed by atoms with Crippen LogP contribution in [0.4, 0.5) is 24.8 Å². The first kappa shape index (κ1) is 14.5. The van der Waals surface area contributed by atoms with E-state index in [2.05, 4.69) is 15.3 Å². The highest BCUT2D eigenvalue weighted by Gasteiger charge is 2.30. The van der Waals surface area contributed by atoms with E-state index in [0.717, 1.165) is 17.9 Å². The normalized spacial score (nSPS) is 11.4. The molecule has 0 amide bonds. The number of hydrogen-bond acceptors (Lipinski definition) is 4. The Labute approximate surface area is 104 Å². The van der Waals surface area contributed by atoms with Gasteiger partial charge in [-0.15, -0.1) is 0 Å². The lowest BCUT2D eigenvalue weighted by Crippen LogP contribution is -2.32. The molecule has 1 aromatic heterocycles. The maximum atomic E-state index is 12.3. The molecule has 0 fully saturated rings. The molecule has 0 radical (unpaired) electrons. The van der Waals surface area contributed by atoms with E-state index in [0.29, 0.717) is 17.2 Å². The Morgan fingerprint density at radius 3 is 2.56 bits per heavy atom. The van der Waals surface area contributed by atoms with Crippen molar-refractivity contribution in [3.8, 4) is 0 Å². The standard InChI is InChI=1S/C11H17F3N4/c1-4-5-15-9-8(2)10(17-7-16-9)18(3)6-11(12,13)14/h7H,4-6H2,1-3H3,(H,15,16,17). The maximum Gasteiger partial charge on any atom is 0.405 e. The summed E-state index contributed by atoms with van der Waals surface area (Å²) in [6.07, 6.45) is -2.06. The zero-order valence-corrected chi connectivity index (χ0v) is 10.7. The second-order valence-corrected chi connectivity index (χ2v) is 4.07. The first-order chi connectivity index (χ1) is 8.35. The number of aromatic nitrogens is 2. The Morgan fingerprint density at radius 1 is 1.33 bits per heavy atom. The summed E-state index contributed by atoms with van der Waals surface area (Å²) in [5.74, 6) is 0.872. The third-order valence-corrected chi connectivity index (χ3v) is 2.38. The molecule has 0 spiro atoms. The summed E-state index contributed by atoms with van der Waals surface area (Å²) in [6, 6.07) is 0. The second-order valence-electron chi connectivity index (χ2n) is 4.07. The van der Waals surface area contributed by atoms with Gasteiger partial charge in [-0.2, -0.15) is 13.2 Å². The van der Waals surface area contributed by atoms with Gasteiger partial charge in [-0.05, 0) is 13.3 Å². The average Bonchev–Trinajstić information content (AvgIpc) is 2.25. The lowest BCUT2D eigenvalue weighted by Gasteiger charge is -2.22. The van der Waals surface area contributed by atoms with Crippen LogP contribution in [0.3, 0.4) is 0 Å². The van der Waals surface area contributed by atoms with Gasteiger partial charge in [0.2, 0.25) is 0 Å². The lowest BCUT2D eigenvalue weighted by atomic mass is 10.3. The summed E-state index contributed by atoms with van der Waals surface area (Å²) >= 11 is 0. The van der Waals surface area contributed by atoms with Crippen LogP contribution in [0.25, 0.3) is 0 Å². The van der Waals surface area contributed by atoms with E-state index in [-0.39, 0.29) is 0 Å². The predicted molar refractivity (Wildman–Crippen MR) is 64.9 cm³/mol. The molecule has 0 aliphatic rings. The fourth-order valence-corrected chi connectivity index (χ4v) is 1.59. The van der Waals surface area contributed by atoms with Crippen LogP contribution in [-0.2, 0) is 0 Å². The summed E-state index contributed by atoms with van der Waals surface area (Å²) < 4.78 is 37.0. The van der Waals surface area contributed by atoms with Crippen LogP contribution in [0, 0.1) is 6.92 Å². The summed E-state index contributed by atoms with van der Waals surface area (Å²) in [6.45, 7) is 3.40. The van der Waals surface area contributed by atoms with E-state index < -0.39 is 12.7 Å². The third-order valence-electron chi connectivity index (χ3n) is 2.38.